The summed E-state index contributed by atoms with van der Waals surface area (Å²) in [5.74, 6) is -3.74. The van der Waals surface area contributed by atoms with Gasteiger partial charge in [-0.05, 0) is 42.0 Å². The summed E-state index contributed by atoms with van der Waals surface area (Å²) < 4.78 is 30.1. The van der Waals surface area contributed by atoms with Crippen LogP contribution >= 0.6 is 11.6 Å². The molecule has 0 radical (unpaired) electrons. The van der Waals surface area contributed by atoms with E-state index in [9.17, 15) is 18.8 Å². The van der Waals surface area contributed by atoms with E-state index in [0.29, 0.717) is 11.3 Å². The van der Waals surface area contributed by atoms with Crippen LogP contribution in [0.5, 0.6) is 0 Å². The standard InChI is InChI=1S/C33H20ClF2NO3/c34-24-11-5-3-9-22(24)30(38)29-28(23-10-4-6-12-25(23)36)33(31(39)20-7-1-2-8-21(20)32(33)40)27-16-13-18-17-19(35)14-15-26(18)37(27)29/h1-17,27-29H/t27-,28+,29-/m0/s1. The highest BCUT2D eigenvalue weighted by Crippen LogP contribution is 2.61. The number of rotatable bonds is 3. The first-order valence-corrected chi connectivity index (χ1v) is 13.2. The molecule has 1 fully saturated rings. The van der Waals surface area contributed by atoms with Crippen LogP contribution in [0.15, 0.2) is 97.1 Å². The summed E-state index contributed by atoms with van der Waals surface area (Å²) in [6.07, 6.45) is 3.32. The lowest BCUT2D eigenvalue weighted by Crippen LogP contribution is -2.48. The number of Topliss-reactive ketones (excluding diaryl/α,β-unsaturated/α-hetero) is 3. The molecule has 4 aromatic rings. The molecule has 1 saturated heterocycles. The van der Waals surface area contributed by atoms with Gasteiger partial charge in [-0.15, -0.1) is 0 Å². The van der Waals surface area contributed by atoms with Crippen LogP contribution in [-0.2, 0) is 0 Å². The van der Waals surface area contributed by atoms with Crippen molar-refractivity contribution < 1.29 is 23.2 Å². The second-order valence-corrected chi connectivity index (χ2v) is 10.7. The Bertz CT molecular complexity index is 1760. The van der Waals surface area contributed by atoms with E-state index in [4.69, 9.17) is 11.6 Å². The summed E-state index contributed by atoms with van der Waals surface area (Å²) in [5, 5.41) is 0.191. The van der Waals surface area contributed by atoms with Crippen LogP contribution < -0.4 is 4.90 Å². The van der Waals surface area contributed by atoms with E-state index < -0.39 is 52.4 Å². The van der Waals surface area contributed by atoms with E-state index in [1.165, 1.54) is 36.4 Å². The van der Waals surface area contributed by atoms with E-state index >= 15 is 4.39 Å². The summed E-state index contributed by atoms with van der Waals surface area (Å²) in [6, 6.07) is 20.9. The predicted molar refractivity (Wildman–Crippen MR) is 148 cm³/mol. The molecule has 196 valence electrons. The van der Waals surface area contributed by atoms with Gasteiger partial charge in [-0.3, -0.25) is 14.4 Å². The van der Waals surface area contributed by atoms with E-state index in [1.807, 2.05) is 0 Å². The molecule has 7 heteroatoms. The smallest absolute Gasteiger partial charge is 0.187 e. The minimum Gasteiger partial charge on any atom is -0.352 e. The average molecular weight is 552 g/mol. The fourth-order valence-electron chi connectivity index (χ4n) is 6.84. The molecule has 0 saturated carbocycles. The van der Waals surface area contributed by atoms with Gasteiger partial charge in [-0.1, -0.05) is 78.4 Å². The van der Waals surface area contributed by atoms with Gasteiger partial charge in [0, 0.05) is 33.9 Å². The van der Waals surface area contributed by atoms with Crippen molar-refractivity contribution in [1.29, 1.82) is 0 Å². The Labute approximate surface area is 233 Å². The summed E-state index contributed by atoms with van der Waals surface area (Å²) >= 11 is 6.49. The molecule has 7 rings (SSSR count). The molecule has 2 aliphatic heterocycles. The first-order valence-electron chi connectivity index (χ1n) is 12.8. The van der Waals surface area contributed by atoms with Gasteiger partial charge in [0.15, 0.2) is 17.3 Å². The van der Waals surface area contributed by atoms with E-state index in [-0.39, 0.29) is 27.3 Å². The number of nitrogens with zero attached hydrogens (tertiary/aromatic N) is 1. The quantitative estimate of drug-likeness (QED) is 0.204. The number of ketones is 3. The van der Waals surface area contributed by atoms with E-state index in [0.717, 1.165) is 0 Å². The molecule has 0 aromatic heterocycles. The maximum absolute atomic E-state index is 15.8. The first-order chi connectivity index (χ1) is 19.4. The van der Waals surface area contributed by atoms with Crippen LogP contribution in [0.3, 0.4) is 0 Å². The summed E-state index contributed by atoms with van der Waals surface area (Å²) in [6.45, 7) is 0. The molecule has 4 aromatic carbocycles. The third kappa shape index (κ3) is 3.14. The Kier molecular flexibility index (Phi) is 5.41. The number of hydrogen-bond donors (Lipinski definition) is 0. The molecule has 1 aliphatic carbocycles. The molecular formula is C33H20ClF2NO3. The Morgan fingerprint density at radius 1 is 0.825 bits per heavy atom. The molecule has 4 nitrogen and oxygen atoms in total. The van der Waals surface area contributed by atoms with E-state index in [1.54, 1.807) is 71.6 Å². The Morgan fingerprint density at radius 3 is 2.17 bits per heavy atom. The molecule has 0 unspecified atom stereocenters. The van der Waals surface area contributed by atoms with Crippen molar-refractivity contribution in [3.05, 3.63) is 142 Å². The van der Waals surface area contributed by atoms with Gasteiger partial charge in [-0.25, -0.2) is 8.78 Å². The van der Waals surface area contributed by atoms with Gasteiger partial charge < -0.3 is 4.90 Å². The Hall–Kier alpha value is -4.42. The number of benzene rings is 4. The lowest BCUT2D eigenvalue weighted by molar-refractivity contribution is 0.0664. The summed E-state index contributed by atoms with van der Waals surface area (Å²) in [5.41, 5.74) is -0.178. The average Bonchev–Trinajstić information content (AvgIpc) is 3.39. The lowest BCUT2D eigenvalue weighted by Gasteiger charge is -2.37. The summed E-state index contributed by atoms with van der Waals surface area (Å²) in [4.78, 5) is 45.3. The zero-order valence-electron chi connectivity index (χ0n) is 20.9. The van der Waals surface area contributed by atoms with Crippen LogP contribution in [-0.4, -0.2) is 29.4 Å². The largest absolute Gasteiger partial charge is 0.352 e. The maximum atomic E-state index is 15.8. The SMILES string of the molecule is O=C(c1ccccc1Cl)[C@@H]1[C@@H](c2ccccc2F)C2(C(=O)c3ccccc3C2=O)[C@@H]2C=Cc3cc(F)ccc3N12. The molecule has 0 bridgehead atoms. The molecular weight excluding hydrogens is 532 g/mol. The van der Waals surface area contributed by atoms with Crippen molar-refractivity contribution in [2.45, 2.75) is 18.0 Å². The highest BCUT2D eigenvalue weighted by Gasteiger charge is 2.72. The molecule has 0 N–H and O–H groups in total. The Morgan fingerprint density at radius 2 is 1.48 bits per heavy atom. The van der Waals surface area contributed by atoms with Crippen LogP contribution in [0.1, 0.15) is 48.1 Å². The minimum atomic E-state index is -1.85. The summed E-state index contributed by atoms with van der Waals surface area (Å²) in [7, 11) is 0. The van der Waals surface area contributed by atoms with Gasteiger partial charge in [0.2, 0.25) is 0 Å². The van der Waals surface area contributed by atoms with Crippen LogP contribution in [0, 0.1) is 17.0 Å². The van der Waals surface area contributed by atoms with Crippen LogP contribution in [0.25, 0.3) is 6.08 Å². The number of halogens is 3. The van der Waals surface area contributed by atoms with Gasteiger partial charge in [0.25, 0.3) is 0 Å². The van der Waals surface area contributed by atoms with Crippen molar-refractivity contribution in [2.24, 2.45) is 5.41 Å². The molecule has 3 aliphatic rings. The van der Waals surface area contributed by atoms with E-state index in [2.05, 4.69) is 0 Å². The highest BCUT2D eigenvalue weighted by molar-refractivity contribution is 6.35. The van der Waals surface area contributed by atoms with Gasteiger partial charge in [0.05, 0.1) is 11.1 Å². The maximum Gasteiger partial charge on any atom is 0.187 e. The molecule has 40 heavy (non-hydrogen) atoms. The van der Waals surface area contributed by atoms with Crippen LogP contribution in [0.4, 0.5) is 14.5 Å². The lowest BCUT2D eigenvalue weighted by atomic mass is 9.64. The number of hydrogen-bond acceptors (Lipinski definition) is 4. The van der Waals surface area contributed by atoms with Crippen molar-refractivity contribution in [3.63, 3.8) is 0 Å². The molecule has 2 heterocycles. The van der Waals surface area contributed by atoms with Gasteiger partial charge >= 0.3 is 0 Å². The number of fused-ring (bicyclic) bond motifs is 5. The van der Waals surface area contributed by atoms with Crippen molar-refractivity contribution in [3.8, 4) is 0 Å². The van der Waals surface area contributed by atoms with Gasteiger partial charge in [0.1, 0.15) is 23.1 Å². The number of anilines is 1. The highest BCUT2D eigenvalue weighted by atomic mass is 35.5. The van der Waals surface area contributed by atoms with Crippen molar-refractivity contribution in [1.82, 2.24) is 0 Å². The zero-order chi connectivity index (χ0) is 27.8. The third-order valence-corrected chi connectivity index (χ3v) is 8.74. The molecule has 3 atom stereocenters. The van der Waals surface area contributed by atoms with Gasteiger partial charge in [-0.2, -0.15) is 0 Å². The minimum absolute atomic E-state index is 0.0777. The Balaban J connectivity index is 1.58. The third-order valence-electron chi connectivity index (χ3n) is 8.41. The zero-order valence-corrected chi connectivity index (χ0v) is 21.6. The monoisotopic (exact) mass is 551 g/mol. The first kappa shape index (κ1) is 24.6. The second kappa shape index (κ2) is 8.80. The topological polar surface area (TPSA) is 54.5 Å². The fourth-order valence-corrected chi connectivity index (χ4v) is 7.07. The number of carbonyl (C=O) groups excluding carboxylic acids is 3. The van der Waals surface area contributed by atoms with Crippen LogP contribution in [0.2, 0.25) is 5.02 Å². The van der Waals surface area contributed by atoms with Crippen molar-refractivity contribution in [2.75, 3.05) is 4.90 Å². The normalized spacial score (nSPS) is 21.9. The number of carbonyl (C=O) groups is 3. The molecule has 1 spiro atoms. The fraction of sp³-hybridized carbons (Fsp3) is 0.121. The predicted octanol–water partition coefficient (Wildman–Crippen LogP) is 6.93. The molecule has 0 amide bonds. The second-order valence-electron chi connectivity index (χ2n) is 10.3. The van der Waals surface area contributed by atoms with Crippen molar-refractivity contribution >= 4 is 40.7 Å².